The Hall–Kier alpha value is -1.57. The Balaban J connectivity index is 2.23. The van der Waals surface area contributed by atoms with E-state index in [-0.39, 0.29) is 9.90 Å². The Labute approximate surface area is 127 Å². The number of hydrogen-bond acceptors (Lipinski definition) is 4. The van der Waals surface area contributed by atoms with Crippen LogP contribution < -0.4 is 5.32 Å². The second-order valence-corrected chi connectivity index (χ2v) is 6.22. The zero-order chi connectivity index (χ0) is 14.9. The summed E-state index contributed by atoms with van der Waals surface area (Å²) >= 11 is 12.7. The number of carbonyl (C=O) groups is 2. The summed E-state index contributed by atoms with van der Waals surface area (Å²) in [4.78, 5) is 23.3. The maximum absolute atomic E-state index is 12.0. The standard InChI is InChI=1S/C11H9Cl2N3O3S/c1-16-4-5(3-14-16)8(11(18)19)15-10(17)6-2-7(12)20-9(6)13/h2-4,8H,1H3,(H,15,17)(H,18,19). The summed E-state index contributed by atoms with van der Waals surface area (Å²) in [5, 5.41) is 15.5. The number of carboxylic acids is 1. The van der Waals surface area contributed by atoms with Crippen LogP contribution >= 0.6 is 34.5 Å². The van der Waals surface area contributed by atoms with Crippen LogP contribution in [0.25, 0.3) is 0 Å². The maximum atomic E-state index is 12.0. The monoisotopic (exact) mass is 333 g/mol. The van der Waals surface area contributed by atoms with Gasteiger partial charge in [-0.05, 0) is 6.07 Å². The lowest BCUT2D eigenvalue weighted by atomic mass is 10.1. The fraction of sp³-hybridized carbons (Fsp3) is 0.182. The van der Waals surface area contributed by atoms with E-state index in [2.05, 4.69) is 10.4 Å². The van der Waals surface area contributed by atoms with Crippen LogP contribution in [0.5, 0.6) is 0 Å². The number of aryl methyl sites for hydroxylation is 1. The van der Waals surface area contributed by atoms with Crippen molar-refractivity contribution >= 4 is 46.4 Å². The van der Waals surface area contributed by atoms with Gasteiger partial charge in [0.2, 0.25) is 0 Å². The molecule has 2 N–H and O–H groups in total. The lowest BCUT2D eigenvalue weighted by Gasteiger charge is -2.12. The molecule has 1 unspecified atom stereocenters. The predicted molar refractivity (Wildman–Crippen MR) is 75.4 cm³/mol. The molecular formula is C11H9Cl2N3O3S. The second-order valence-electron chi connectivity index (χ2n) is 3.93. The number of rotatable bonds is 4. The normalized spacial score (nSPS) is 12.2. The van der Waals surface area contributed by atoms with Crippen molar-refractivity contribution in [1.82, 2.24) is 15.1 Å². The van der Waals surface area contributed by atoms with Gasteiger partial charge >= 0.3 is 5.97 Å². The molecule has 2 aromatic rings. The summed E-state index contributed by atoms with van der Waals surface area (Å²) in [5.74, 6) is -1.79. The van der Waals surface area contributed by atoms with Crippen molar-refractivity contribution in [1.29, 1.82) is 0 Å². The molecule has 6 nitrogen and oxygen atoms in total. The summed E-state index contributed by atoms with van der Waals surface area (Å²) in [6.07, 6.45) is 2.89. The van der Waals surface area contributed by atoms with E-state index in [1.54, 1.807) is 7.05 Å². The van der Waals surface area contributed by atoms with Crippen molar-refractivity contribution in [3.8, 4) is 0 Å². The first-order valence-electron chi connectivity index (χ1n) is 5.35. The number of hydrogen-bond donors (Lipinski definition) is 2. The third-order valence-corrected chi connectivity index (χ3v) is 3.97. The summed E-state index contributed by atoms with van der Waals surface area (Å²) < 4.78 is 2.02. The quantitative estimate of drug-likeness (QED) is 0.899. The van der Waals surface area contributed by atoms with Crippen LogP contribution in [0.3, 0.4) is 0 Å². The van der Waals surface area contributed by atoms with Crippen molar-refractivity contribution in [2.45, 2.75) is 6.04 Å². The first-order valence-corrected chi connectivity index (χ1v) is 6.92. The zero-order valence-electron chi connectivity index (χ0n) is 10.1. The molecule has 9 heteroatoms. The third kappa shape index (κ3) is 3.12. The van der Waals surface area contributed by atoms with Gasteiger partial charge in [0.05, 0.1) is 16.1 Å². The van der Waals surface area contributed by atoms with Gasteiger partial charge in [-0.2, -0.15) is 5.10 Å². The average molecular weight is 334 g/mol. The summed E-state index contributed by atoms with van der Waals surface area (Å²) in [7, 11) is 1.65. The van der Waals surface area contributed by atoms with E-state index in [0.717, 1.165) is 11.3 Å². The molecule has 2 aromatic heterocycles. The first kappa shape index (κ1) is 14.8. The number of carbonyl (C=O) groups excluding carboxylic acids is 1. The van der Waals surface area contributed by atoms with Crippen molar-refractivity contribution in [3.63, 3.8) is 0 Å². The number of nitrogens with zero attached hydrogens (tertiary/aromatic N) is 2. The van der Waals surface area contributed by atoms with E-state index in [1.807, 2.05) is 0 Å². The molecule has 0 aromatic carbocycles. The molecule has 0 fully saturated rings. The van der Waals surface area contributed by atoms with Gasteiger partial charge in [0.1, 0.15) is 4.34 Å². The van der Waals surface area contributed by atoms with Crippen LogP contribution in [-0.2, 0) is 11.8 Å². The number of carboxylic acid groups (broad SMARTS) is 1. The molecule has 0 aliphatic rings. The predicted octanol–water partition coefficient (Wildman–Crippen LogP) is 2.34. The fourth-order valence-electron chi connectivity index (χ4n) is 1.58. The van der Waals surface area contributed by atoms with E-state index in [0.29, 0.717) is 9.90 Å². The molecule has 0 saturated carbocycles. The van der Waals surface area contributed by atoms with Gasteiger partial charge in [0, 0.05) is 18.8 Å². The minimum absolute atomic E-state index is 0.150. The van der Waals surface area contributed by atoms with Gasteiger partial charge in [0.25, 0.3) is 5.91 Å². The van der Waals surface area contributed by atoms with Gasteiger partial charge < -0.3 is 10.4 Å². The number of amides is 1. The molecule has 0 radical (unpaired) electrons. The van der Waals surface area contributed by atoms with Crippen molar-refractivity contribution < 1.29 is 14.7 Å². The summed E-state index contributed by atoms with van der Waals surface area (Å²) in [5.41, 5.74) is 0.516. The molecule has 2 rings (SSSR count). The van der Waals surface area contributed by atoms with Gasteiger partial charge in [-0.1, -0.05) is 23.2 Å². The van der Waals surface area contributed by atoms with Gasteiger partial charge in [0.15, 0.2) is 6.04 Å². The van der Waals surface area contributed by atoms with Crippen molar-refractivity contribution in [2.24, 2.45) is 7.05 Å². The minimum atomic E-state index is -1.20. The molecular weight excluding hydrogens is 325 g/mol. The molecule has 0 aliphatic carbocycles. The van der Waals surface area contributed by atoms with E-state index < -0.39 is 17.9 Å². The minimum Gasteiger partial charge on any atom is -0.479 e. The first-order chi connectivity index (χ1) is 9.38. The van der Waals surface area contributed by atoms with Gasteiger partial charge in [-0.3, -0.25) is 9.48 Å². The Morgan fingerprint density at radius 1 is 1.50 bits per heavy atom. The van der Waals surface area contributed by atoms with Crippen LogP contribution in [0.1, 0.15) is 22.0 Å². The Bertz CT molecular complexity index is 668. The van der Waals surface area contributed by atoms with E-state index in [4.69, 9.17) is 23.2 Å². The molecule has 1 amide bonds. The van der Waals surface area contributed by atoms with Crippen molar-refractivity contribution in [2.75, 3.05) is 0 Å². The Morgan fingerprint density at radius 3 is 2.65 bits per heavy atom. The molecule has 0 bridgehead atoms. The van der Waals surface area contributed by atoms with Crippen molar-refractivity contribution in [3.05, 3.63) is 38.3 Å². The highest BCUT2D eigenvalue weighted by Gasteiger charge is 2.25. The molecule has 20 heavy (non-hydrogen) atoms. The fourth-order valence-corrected chi connectivity index (χ4v) is 3.04. The summed E-state index contributed by atoms with van der Waals surface area (Å²) in [6, 6.07) is 0.192. The topological polar surface area (TPSA) is 84.2 Å². The van der Waals surface area contributed by atoms with E-state index >= 15 is 0 Å². The van der Waals surface area contributed by atoms with Crippen LogP contribution in [-0.4, -0.2) is 26.8 Å². The Kier molecular flexibility index (Phi) is 4.32. The van der Waals surface area contributed by atoms with Crippen LogP contribution in [0.2, 0.25) is 8.67 Å². The highest BCUT2D eigenvalue weighted by Crippen LogP contribution is 2.31. The summed E-state index contributed by atoms with van der Waals surface area (Å²) in [6.45, 7) is 0. The number of nitrogens with one attached hydrogen (secondary N) is 1. The maximum Gasteiger partial charge on any atom is 0.331 e. The van der Waals surface area contributed by atoms with E-state index in [9.17, 15) is 14.7 Å². The van der Waals surface area contributed by atoms with Gasteiger partial charge in [-0.25, -0.2) is 4.79 Å². The number of thiophene rings is 1. The highest BCUT2D eigenvalue weighted by molar-refractivity contribution is 7.20. The largest absolute Gasteiger partial charge is 0.479 e. The number of halogens is 2. The van der Waals surface area contributed by atoms with Gasteiger partial charge in [-0.15, -0.1) is 11.3 Å². The molecule has 0 spiro atoms. The van der Waals surface area contributed by atoms with E-state index in [1.165, 1.54) is 23.1 Å². The highest BCUT2D eigenvalue weighted by atomic mass is 35.5. The molecule has 1 atom stereocenters. The second kappa shape index (κ2) is 5.82. The number of aliphatic carboxylic acids is 1. The molecule has 0 aliphatic heterocycles. The lowest BCUT2D eigenvalue weighted by Crippen LogP contribution is -2.33. The zero-order valence-corrected chi connectivity index (χ0v) is 12.5. The lowest BCUT2D eigenvalue weighted by molar-refractivity contribution is -0.139. The van der Waals surface area contributed by atoms with Crippen LogP contribution in [0, 0.1) is 0 Å². The molecule has 0 saturated heterocycles. The molecule has 106 valence electrons. The number of aromatic nitrogens is 2. The third-order valence-electron chi connectivity index (χ3n) is 2.48. The Morgan fingerprint density at radius 2 is 2.20 bits per heavy atom. The average Bonchev–Trinajstić information content (AvgIpc) is 2.91. The smallest absolute Gasteiger partial charge is 0.331 e. The van der Waals surface area contributed by atoms with Crippen LogP contribution in [0.15, 0.2) is 18.5 Å². The molecule has 2 heterocycles. The van der Waals surface area contributed by atoms with Crippen LogP contribution in [0.4, 0.5) is 0 Å². The SMILES string of the molecule is Cn1cc(C(NC(=O)c2cc(Cl)sc2Cl)C(=O)O)cn1.